The van der Waals surface area contributed by atoms with Gasteiger partial charge in [-0.2, -0.15) is 6.04 Å². The first-order chi connectivity index (χ1) is 15.5. The number of hydrogen-bond acceptors (Lipinski definition) is 3. The van der Waals surface area contributed by atoms with Gasteiger partial charge in [0.05, 0.1) is 11.4 Å². The summed E-state index contributed by atoms with van der Waals surface area (Å²) in [6, 6.07) is 5.16. The summed E-state index contributed by atoms with van der Waals surface area (Å²) in [7, 11) is 1.31. The molecule has 0 spiro atoms. The molecule has 0 aromatic carbocycles. The van der Waals surface area contributed by atoms with Gasteiger partial charge in [0.15, 0.2) is 0 Å². The molecule has 2 heterocycles. The maximum atomic E-state index is 7.50. The molecule has 35 heavy (non-hydrogen) atoms. The molecule has 194 valence electrons. The topological polar surface area (TPSA) is 87.8 Å². The summed E-state index contributed by atoms with van der Waals surface area (Å²) in [6.07, 6.45) is 3.15. The molecule has 2 aromatic rings. The fourth-order valence-electron chi connectivity index (χ4n) is 2.14. The summed E-state index contributed by atoms with van der Waals surface area (Å²) in [5.41, 5.74) is 4.32. The van der Waals surface area contributed by atoms with Crippen molar-refractivity contribution in [1.82, 2.24) is 19.4 Å². The number of aliphatic imine (C=N–C) groups is 1. The molecule has 0 amide bonds. The molecular formula is C24H43BMoN5O2PSi. The summed E-state index contributed by atoms with van der Waals surface area (Å²) in [5.74, 6) is 0. The third-order valence-electron chi connectivity index (χ3n) is 3.33. The Bertz CT molecular complexity index is 829. The average molecular weight is 599 g/mol. The van der Waals surface area contributed by atoms with Crippen LogP contribution in [0.3, 0.4) is 0 Å². The molecule has 2 radical (unpaired) electrons. The van der Waals surface area contributed by atoms with Crippen LogP contribution in [-0.2, 0) is 30.4 Å². The minimum absolute atomic E-state index is 0. The van der Waals surface area contributed by atoms with E-state index in [1.54, 1.807) is 0 Å². The molecule has 7 nitrogen and oxygen atoms in total. The van der Waals surface area contributed by atoms with Gasteiger partial charge in [0.25, 0.3) is 0 Å². The predicted octanol–water partition coefficient (Wildman–Crippen LogP) is 5.59. The number of aromatic nitrogens is 4. The van der Waals surface area contributed by atoms with Crippen molar-refractivity contribution in [3.63, 3.8) is 0 Å². The quantitative estimate of drug-likeness (QED) is 0.151. The minimum atomic E-state index is -0.962. The van der Waals surface area contributed by atoms with Crippen molar-refractivity contribution in [3.8, 4) is 0 Å². The zero-order chi connectivity index (χ0) is 27.7. The molecular weight excluding hydrogens is 556 g/mol. The van der Waals surface area contributed by atoms with Crippen LogP contribution in [0.15, 0.2) is 17.1 Å². The Morgan fingerprint density at radius 3 is 1.43 bits per heavy atom. The second-order valence-electron chi connectivity index (χ2n) is 10.4. The first kappa shape index (κ1) is 41.1. The van der Waals surface area contributed by atoms with Gasteiger partial charge in [-0.1, -0.05) is 19.6 Å². The normalized spacial score (nSPS) is 10.3. The fourth-order valence-corrected chi connectivity index (χ4v) is 2.70. The van der Waals surface area contributed by atoms with Gasteiger partial charge in [0, 0.05) is 13.6 Å². The van der Waals surface area contributed by atoms with E-state index in [1.165, 1.54) is 0 Å². The van der Waals surface area contributed by atoms with E-state index in [1.807, 2.05) is 56.6 Å². The largest absolute Gasteiger partial charge is 2.00 e. The third kappa shape index (κ3) is 25.9. The summed E-state index contributed by atoms with van der Waals surface area (Å²) in [4.78, 5) is 4.33. The van der Waals surface area contributed by atoms with E-state index in [2.05, 4.69) is 95.1 Å². The van der Waals surface area contributed by atoms with Gasteiger partial charge in [0.1, 0.15) is 0 Å². The molecule has 2 rings (SSSR count). The van der Waals surface area contributed by atoms with Crippen molar-refractivity contribution in [1.29, 1.82) is 0 Å². The van der Waals surface area contributed by atoms with Crippen molar-refractivity contribution < 1.29 is 30.4 Å². The predicted molar refractivity (Wildman–Crippen MR) is 148 cm³/mol. The van der Waals surface area contributed by atoms with Gasteiger partial charge in [0.2, 0.25) is 0 Å². The molecule has 0 fully saturated rings. The second kappa shape index (κ2) is 21.1. The maximum absolute atomic E-state index is 7.50. The summed E-state index contributed by atoms with van der Waals surface area (Å²) < 4.78 is 18.7. The van der Waals surface area contributed by atoms with E-state index in [-0.39, 0.29) is 26.6 Å². The summed E-state index contributed by atoms with van der Waals surface area (Å²) >= 11 is 0. The Hall–Kier alpha value is -1.03. The van der Waals surface area contributed by atoms with Crippen LogP contribution >= 0.6 is 7.92 Å². The molecule has 2 aromatic heterocycles. The Balaban J connectivity index is -0.000000213. The van der Waals surface area contributed by atoms with Crippen LogP contribution < -0.4 is 0 Å². The number of rotatable bonds is 4. The van der Waals surface area contributed by atoms with Gasteiger partial charge >= 0.3 is 43.7 Å². The first-order valence-electron chi connectivity index (χ1n) is 10.9. The van der Waals surface area contributed by atoms with Crippen LogP contribution in [0.2, 0.25) is 25.7 Å². The van der Waals surface area contributed by atoms with E-state index < -0.39 is 8.07 Å². The minimum Gasteiger partial charge on any atom is 2.00 e. The van der Waals surface area contributed by atoms with Crippen molar-refractivity contribution in [2.75, 3.05) is 20.0 Å². The van der Waals surface area contributed by atoms with Crippen LogP contribution in [0.25, 0.3) is 0 Å². The molecule has 11 heteroatoms. The van der Waals surface area contributed by atoms with Crippen molar-refractivity contribution in [3.05, 3.63) is 48.2 Å². The average Bonchev–Trinajstić information content (AvgIpc) is 3.16. The van der Waals surface area contributed by atoms with Crippen LogP contribution in [0, 0.1) is 41.0 Å². The van der Waals surface area contributed by atoms with E-state index in [0.717, 1.165) is 28.8 Å². The number of aryl methyl sites for hydroxylation is 4. The van der Waals surface area contributed by atoms with Crippen molar-refractivity contribution in [2.24, 2.45) is 4.99 Å². The van der Waals surface area contributed by atoms with E-state index in [0.29, 0.717) is 7.92 Å². The SMILES string of the molecule is CC(C)(C)N=[C-]C[Si](C)(C)C.CP(C)C.Cc1cc(C)n([B-]n2nc(C)cc2C)n1.[C-]#[O+].[C-]#[O+].[Mo+2]. The van der Waals surface area contributed by atoms with Crippen LogP contribution in [0.1, 0.15) is 43.5 Å². The van der Waals surface area contributed by atoms with E-state index in [9.17, 15) is 0 Å². The zero-order valence-electron chi connectivity index (χ0n) is 23.8. The molecule has 0 aliphatic heterocycles. The number of nitrogens with zero attached hydrogens (tertiary/aromatic N) is 5. The van der Waals surface area contributed by atoms with Gasteiger partial charge in [-0.15, -0.1) is 7.92 Å². The second-order valence-corrected chi connectivity index (χ2v) is 18.5. The molecule has 0 bridgehead atoms. The Morgan fingerprint density at radius 1 is 0.914 bits per heavy atom. The van der Waals surface area contributed by atoms with Crippen molar-refractivity contribution in [2.45, 2.75) is 79.7 Å². The Morgan fingerprint density at radius 2 is 1.23 bits per heavy atom. The summed E-state index contributed by atoms with van der Waals surface area (Å²) in [5, 5.41) is 8.71. The van der Waals surface area contributed by atoms with Gasteiger partial charge in [-0.3, -0.25) is 0 Å². The standard InChI is InChI=1S/C10H14BN4.C9H20NSi.C3H9P.2CO.Mo/c1-7-5-9(3)14(12-7)11-15-10(4)6-8(2)13-15;1-9(2,3)10-7-8-11(4,5)6;1-4(2)3;2*1-2;/h5-6H,1-4H3;8H2,1-6H3;1-3H3;;;/q2*-1;;;;+2. The Kier molecular flexibility index (Phi) is 24.8. The smallest absolute Gasteiger partial charge is 2.00 e. The van der Waals surface area contributed by atoms with Gasteiger partial charge < -0.3 is 20.4 Å². The number of hydrogen-bond donors (Lipinski definition) is 0. The van der Waals surface area contributed by atoms with E-state index >= 15 is 0 Å². The molecule has 0 unspecified atom stereocenters. The molecule has 0 saturated heterocycles. The maximum Gasteiger partial charge on any atom is 2.00 e. The molecule has 0 aliphatic rings. The zero-order valence-corrected chi connectivity index (χ0v) is 27.7. The van der Waals surface area contributed by atoms with E-state index in [4.69, 9.17) is 9.30 Å². The third-order valence-corrected chi connectivity index (χ3v) is 4.55. The van der Waals surface area contributed by atoms with Gasteiger partial charge in [-0.05, 0) is 99.5 Å². The Labute approximate surface area is 231 Å². The molecule has 0 saturated carbocycles. The van der Waals surface area contributed by atoms with Gasteiger partial charge in [-0.25, -0.2) is 10.2 Å². The van der Waals surface area contributed by atoms with Crippen LogP contribution in [0.5, 0.6) is 0 Å². The first-order valence-corrected chi connectivity index (χ1v) is 17.3. The monoisotopic (exact) mass is 601 g/mol. The van der Waals surface area contributed by atoms with Crippen LogP contribution in [0.4, 0.5) is 0 Å². The summed E-state index contributed by atoms with van der Waals surface area (Å²) in [6.45, 7) is 37.0. The van der Waals surface area contributed by atoms with Crippen molar-refractivity contribution >= 4 is 29.8 Å². The molecule has 0 aliphatic carbocycles. The van der Waals surface area contributed by atoms with Crippen LogP contribution in [-0.4, -0.2) is 66.8 Å². The fraction of sp³-hybridized carbons (Fsp3) is 0.625. The molecule has 0 N–H and O–H groups in total. The molecule has 0 atom stereocenters.